The number of alkyl halides is 3. The van der Waals surface area contributed by atoms with Crippen LogP contribution in [-0.2, 0) is 0 Å². The Bertz CT molecular complexity index is 682. The topological polar surface area (TPSA) is 63.5 Å². The molecule has 0 aliphatic carbocycles. The summed E-state index contributed by atoms with van der Waals surface area (Å²) in [4.78, 5) is 11.6. The minimum absolute atomic E-state index is 0.476. The maximum atomic E-state index is 12.0. The number of benzene rings is 1. The summed E-state index contributed by atoms with van der Waals surface area (Å²) in [5, 5.41) is 5.50. The van der Waals surface area contributed by atoms with E-state index < -0.39 is 31.2 Å². The molecule has 1 aromatic heterocycles. The Hall–Kier alpha value is -2.38. The first kappa shape index (κ1) is 17.0. The highest BCUT2D eigenvalue weighted by Crippen LogP contribution is 2.30. The molecule has 23 heavy (non-hydrogen) atoms. The van der Waals surface area contributed by atoms with Crippen molar-refractivity contribution in [2.75, 3.05) is 13.7 Å². The molecule has 0 fully saturated rings. The van der Waals surface area contributed by atoms with Crippen LogP contribution in [-0.4, -0.2) is 25.9 Å². The summed E-state index contributed by atoms with van der Waals surface area (Å²) in [6, 6.07) is 5.95. The van der Waals surface area contributed by atoms with Crippen LogP contribution in [0.25, 0.3) is 11.0 Å². The van der Waals surface area contributed by atoms with Gasteiger partial charge >= 0.3 is 12.2 Å². The summed E-state index contributed by atoms with van der Waals surface area (Å²) in [6.07, 6.45) is -5.37. The third-order valence-electron chi connectivity index (χ3n) is 3.22. The Balaban J connectivity index is 1.98. The van der Waals surface area contributed by atoms with E-state index in [0.29, 0.717) is 17.1 Å². The number of ether oxygens (including phenoxy) is 1. The number of rotatable bonds is 5. The van der Waals surface area contributed by atoms with Gasteiger partial charge in [-0.15, -0.1) is 0 Å². The average molecular weight is 330 g/mol. The molecule has 0 spiro atoms. The summed E-state index contributed by atoms with van der Waals surface area (Å²) in [6.45, 7) is 1.20. The lowest BCUT2D eigenvalue weighted by Gasteiger charge is -2.13. The van der Waals surface area contributed by atoms with Crippen molar-refractivity contribution in [3.8, 4) is 5.75 Å². The first-order valence-corrected chi connectivity index (χ1v) is 6.97. The molecule has 0 saturated heterocycles. The number of urea groups is 1. The molecule has 0 aliphatic rings. The molecule has 126 valence electrons. The number of furan rings is 1. The smallest absolute Gasteiger partial charge is 0.390 e. The third-order valence-corrected chi connectivity index (χ3v) is 3.22. The van der Waals surface area contributed by atoms with E-state index in [4.69, 9.17) is 9.15 Å². The van der Waals surface area contributed by atoms with Crippen molar-refractivity contribution in [1.29, 1.82) is 0 Å². The summed E-state index contributed by atoms with van der Waals surface area (Å²) in [5.74, 6) is 1.05. The number of carbonyl (C=O) groups excluding carboxylic acids is 1. The monoisotopic (exact) mass is 330 g/mol. The lowest BCUT2D eigenvalue weighted by molar-refractivity contribution is -0.132. The van der Waals surface area contributed by atoms with E-state index in [2.05, 4.69) is 10.6 Å². The van der Waals surface area contributed by atoms with Crippen molar-refractivity contribution in [2.24, 2.45) is 0 Å². The van der Waals surface area contributed by atoms with Gasteiger partial charge in [-0.2, -0.15) is 13.2 Å². The Morgan fingerprint density at radius 1 is 1.39 bits per heavy atom. The highest BCUT2D eigenvalue weighted by Gasteiger charge is 2.26. The third kappa shape index (κ3) is 4.54. The minimum Gasteiger partial charge on any atom is -0.493 e. The zero-order valence-electron chi connectivity index (χ0n) is 12.7. The van der Waals surface area contributed by atoms with E-state index in [1.54, 1.807) is 19.1 Å². The van der Waals surface area contributed by atoms with Crippen LogP contribution in [0, 0.1) is 0 Å². The van der Waals surface area contributed by atoms with E-state index in [1.807, 2.05) is 12.1 Å². The Morgan fingerprint density at radius 2 is 2.13 bits per heavy atom. The second-order valence-corrected chi connectivity index (χ2v) is 5.01. The fraction of sp³-hybridized carbons (Fsp3) is 0.400. The standard InChI is InChI=1S/C15H17F3N2O3/c1-9(20-14(21)19-7-6-15(16,17)18)12-8-10-4-3-5-11(22-2)13(10)23-12/h3-5,8-9H,6-7H2,1-2H3,(H2,19,20,21)/t9-/m0/s1. The summed E-state index contributed by atoms with van der Waals surface area (Å²) in [5.41, 5.74) is 0.552. The van der Waals surface area contributed by atoms with Gasteiger partial charge in [0.25, 0.3) is 0 Å². The number of hydrogen-bond donors (Lipinski definition) is 2. The number of para-hydroxylation sites is 1. The zero-order chi connectivity index (χ0) is 17.0. The van der Waals surface area contributed by atoms with E-state index in [0.717, 1.165) is 5.39 Å². The molecular formula is C15H17F3N2O3. The lowest BCUT2D eigenvalue weighted by atomic mass is 10.2. The van der Waals surface area contributed by atoms with Crippen LogP contribution in [0.2, 0.25) is 0 Å². The van der Waals surface area contributed by atoms with Crippen molar-refractivity contribution in [3.05, 3.63) is 30.0 Å². The van der Waals surface area contributed by atoms with Crippen molar-refractivity contribution in [3.63, 3.8) is 0 Å². The van der Waals surface area contributed by atoms with Crippen LogP contribution in [0.5, 0.6) is 5.75 Å². The van der Waals surface area contributed by atoms with Gasteiger partial charge in [0.1, 0.15) is 5.76 Å². The number of halogens is 3. The maximum absolute atomic E-state index is 12.0. The van der Waals surface area contributed by atoms with Gasteiger partial charge in [-0.05, 0) is 19.1 Å². The van der Waals surface area contributed by atoms with Crippen LogP contribution < -0.4 is 15.4 Å². The molecule has 8 heteroatoms. The second-order valence-electron chi connectivity index (χ2n) is 5.01. The average Bonchev–Trinajstić information content (AvgIpc) is 2.89. The number of amides is 2. The SMILES string of the molecule is COc1cccc2cc([C@H](C)NC(=O)NCCC(F)(F)F)oc12. The molecular weight excluding hydrogens is 313 g/mol. The molecule has 1 heterocycles. The number of carbonyl (C=O) groups is 1. The molecule has 1 aromatic carbocycles. The molecule has 5 nitrogen and oxygen atoms in total. The summed E-state index contributed by atoms with van der Waals surface area (Å²) in [7, 11) is 1.52. The van der Waals surface area contributed by atoms with Gasteiger partial charge in [-0.3, -0.25) is 0 Å². The van der Waals surface area contributed by atoms with Crippen LogP contribution in [0.4, 0.5) is 18.0 Å². The number of methoxy groups -OCH3 is 1. The minimum atomic E-state index is -4.30. The molecule has 0 saturated carbocycles. The molecule has 2 rings (SSSR count). The van der Waals surface area contributed by atoms with Crippen molar-refractivity contribution >= 4 is 17.0 Å². The summed E-state index contributed by atoms with van der Waals surface area (Å²) < 4.78 is 46.9. The highest BCUT2D eigenvalue weighted by atomic mass is 19.4. The fourth-order valence-electron chi connectivity index (χ4n) is 2.07. The van der Waals surface area contributed by atoms with Crippen LogP contribution in [0.1, 0.15) is 25.1 Å². The van der Waals surface area contributed by atoms with Crippen LogP contribution >= 0.6 is 0 Å². The normalized spacial score (nSPS) is 12.9. The van der Waals surface area contributed by atoms with E-state index in [-0.39, 0.29) is 0 Å². The fourth-order valence-corrected chi connectivity index (χ4v) is 2.07. The molecule has 0 radical (unpaired) electrons. The van der Waals surface area contributed by atoms with Gasteiger partial charge in [-0.1, -0.05) is 12.1 Å². The molecule has 0 unspecified atom stereocenters. The first-order chi connectivity index (χ1) is 10.8. The van der Waals surface area contributed by atoms with Crippen LogP contribution in [0.15, 0.2) is 28.7 Å². The lowest BCUT2D eigenvalue weighted by Crippen LogP contribution is -2.38. The van der Waals surface area contributed by atoms with Gasteiger partial charge in [0.2, 0.25) is 0 Å². The van der Waals surface area contributed by atoms with Gasteiger partial charge in [-0.25, -0.2) is 4.79 Å². The van der Waals surface area contributed by atoms with E-state index >= 15 is 0 Å². The molecule has 2 amide bonds. The molecule has 1 atom stereocenters. The Kier molecular flexibility index (Phi) is 5.02. The van der Waals surface area contributed by atoms with E-state index in [9.17, 15) is 18.0 Å². The predicted molar refractivity (Wildman–Crippen MR) is 78.4 cm³/mol. The number of hydrogen-bond acceptors (Lipinski definition) is 3. The van der Waals surface area contributed by atoms with Crippen molar-refractivity contribution in [1.82, 2.24) is 10.6 Å². The largest absolute Gasteiger partial charge is 0.493 e. The Morgan fingerprint density at radius 3 is 2.78 bits per heavy atom. The Labute approximate surface area is 130 Å². The second kappa shape index (κ2) is 6.80. The summed E-state index contributed by atoms with van der Waals surface area (Å²) >= 11 is 0. The predicted octanol–water partition coefficient (Wildman–Crippen LogP) is 3.75. The zero-order valence-corrected chi connectivity index (χ0v) is 12.7. The molecule has 0 bridgehead atoms. The van der Waals surface area contributed by atoms with Gasteiger partial charge in [0, 0.05) is 11.9 Å². The first-order valence-electron chi connectivity index (χ1n) is 6.97. The van der Waals surface area contributed by atoms with Gasteiger partial charge in [0.15, 0.2) is 11.3 Å². The van der Waals surface area contributed by atoms with Gasteiger partial charge in [0.05, 0.1) is 19.6 Å². The quantitative estimate of drug-likeness (QED) is 0.877. The van der Waals surface area contributed by atoms with Gasteiger partial charge < -0.3 is 19.8 Å². The molecule has 2 N–H and O–H groups in total. The molecule has 0 aliphatic heterocycles. The molecule has 2 aromatic rings. The van der Waals surface area contributed by atoms with Crippen molar-refractivity contribution in [2.45, 2.75) is 25.6 Å². The number of nitrogens with one attached hydrogen (secondary N) is 2. The number of fused-ring (bicyclic) bond motifs is 1. The highest BCUT2D eigenvalue weighted by molar-refractivity contribution is 5.84. The maximum Gasteiger partial charge on any atom is 0.390 e. The van der Waals surface area contributed by atoms with Crippen molar-refractivity contribution < 1.29 is 27.1 Å². The van der Waals surface area contributed by atoms with Crippen LogP contribution in [0.3, 0.4) is 0 Å². The van der Waals surface area contributed by atoms with E-state index in [1.165, 1.54) is 7.11 Å².